The van der Waals surface area contributed by atoms with E-state index in [4.69, 9.17) is 16.7 Å². The summed E-state index contributed by atoms with van der Waals surface area (Å²) in [4.78, 5) is 20.5. The van der Waals surface area contributed by atoms with E-state index < -0.39 is 5.97 Å². The molecule has 1 aromatic rings. The summed E-state index contributed by atoms with van der Waals surface area (Å²) in [5.74, 6) is -0.366. The van der Waals surface area contributed by atoms with E-state index in [1.165, 1.54) is 6.33 Å². The van der Waals surface area contributed by atoms with Gasteiger partial charge in [-0.25, -0.2) is 9.97 Å². The third-order valence-corrected chi connectivity index (χ3v) is 2.69. The van der Waals surface area contributed by atoms with Crippen LogP contribution in [0.15, 0.2) is 12.4 Å². The minimum Gasteiger partial charge on any atom is -0.481 e. The number of halogens is 1. The summed E-state index contributed by atoms with van der Waals surface area (Å²) in [6, 6.07) is 1.64. The summed E-state index contributed by atoms with van der Waals surface area (Å²) in [7, 11) is 0. The summed E-state index contributed by atoms with van der Waals surface area (Å²) < 4.78 is 0. The molecule has 0 bridgehead atoms. The van der Waals surface area contributed by atoms with Gasteiger partial charge in [-0.2, -0.15) is 0 Å². The fourth-order valence-corrected chi connectivity index (χ4v) is 1.81. The van der Waals surface area contributed by atoms with E-state index >= 15 is 0 Å². The first-order valence-corrected chi connectivity index (χ1v) is 5.00. The zero-order chi connectivity index (χ0) is 10.8. The van der Waals surface area contributed by atoms with Crippen molar-refractivity contribution in [3.63, 3.8) is 0 Å². The van der Waals surface area contributed by atoms with E-state index in [0.717, 1.165) is 0 Å². The molecule has 1 aliphatic heterocycles. The standard InChI is InChI=1S/C9H10ClN3O2/c10-7-3-8(12-5-11-7)13-2-1-6(4-13)9(14)15/h3,5-6H,1-2,4H2,(H,14,15)/t6-/m0/s1. The molecule has 1 fully saturated rings. The van der Waals surface area contributed by atoms with Gasteiger partial charge >= 0.3 is 5.97 Å². The predicted molar refractivity (Wildman–Crippen MR) is 55.0 cm³/mol. The molecule has 6 heteroatoms. The van der Waals surface area contributed by atoms with Crippen molar-refractivity contribution >= 4 is 23.4 Å². The van der Waals surface area contributed by atoms with Crippen LogP contribution < -0.4 is 4.90 Å². The second-order valence-electron chi connectivity index (χ2n) is 3.47. The molecular formula is C9H10ClN3O2. The number of hydrogen-bond acceptors (Lipinski definition) is 4. The van der Waals surface area contributed by atoms with Crippen molar-refractivity contribution in [3.05, 3.63) is 17.5 Å². The summed E-state index contributed by atoms with van der Waals surface area (Å²) in [6.07, 6.45) is 2.03. The van der Waals surface area contributed by atoms with E-state index in [-0.39, 0.29) is 5.92 Å². The maximum Gasteiger partial charge on any atom is 0.308 e. The Hall–Kier alpha value is -1.36. The smallest absolute Gasteiger partial charge is 0.308 e. The van der Waals surface area contributed by atoms with Crippen molar-refractivity contribution in [3.8, 4) is 0 Å². The van der Waals surface area contributed by atoms with Gasteiger partial charge in [-0.3, -0.25) is 4.79 Å². The minimum atomic E-state index is -0.752. The number of hydrogen-bond donors (Lipinski definition) is 1. The molecule has 1 aromatic heterocycles. The van der Waals surface area contributed by atoms with Crippen LogP contribution in [0.1, 0.15) is 6.42 Å². The van der Waals surface area contributed by atoms with Gasteiger partial charge in [0.1, 0.15) is 17.3 Å². The van der Waals surface area contributed by atoms with Gasteiger partial charge in [-0.15, -0.1) is 0 Å². The fourth-order valence-electron chi connectivity index (χ4n) is 1.67. The van der Waals surface area contributed by atoms with E-state index in [0.29, 0.717) is 30.5 Å². The van der Waals surface area contributed by atoms with Crippen LogP contribution in [0, 0.1) is 5.92 Å². The third-order valence-electron chi connectivity index (χ3n) is 2.48. The summed E-state index contributed by atoms with van der Waals surface area (Å²) in [6.45, 7) is 1.19. The average molecular weight is 228 g/mol. The Bertz CT molecular complexity index is 385. The van der Waals surface area contributed by atoms with Crippen molar-refractivity contribution in [2.75, 3.05) is 18.0 Å². The number of nitrogens with zero attached hydrogens (tertiary/aromatic N) is 3. The highest BCUT2D eigenvalue weighted by molar-refractivity contribution is 6.29. The van der Waals surface area contributed by atoms with Gasteiger partial charge in [0.2, 0.25) is 0 Å². The topological polar surface area (TPSA) is 66.3 Å². The van der Waals surface area contributed by atoms with Crippen LogP contribution in [0.4, 0.5) is 5.82 Å². The Morgan fingerprint density at radius 2 is 2.40 bits per heavy atom. The quantitative estimate of drug-likeness (QED) is 0.765. The largest absolute Gasteiger partial charge is 0.481 e. The number of carboxylic acids is 1. The SMILES string of the molecule is O=C(O)[C@H]1CCN(c2cc(Cl)ncn2)C1. The molecule has 0 radical (unpaired) electrons. The van der Waals surface area contributed by atoms with Crippen LogP contribution in [0.2, 0.25) is 5.15 Å². The van der Waals surface area contributed by atoms with Gasteiger partial charge in [-0.1, -0.05) is 11.6 Å². The molecule has 0 spiro atoms. The maximum atomic E-state index is 10.8. The molecule has 15 heavy (non-hydrogen) atoms. The van der Waals surface area contributed by atoms with Crippen molar-refractivity contribution < 1.29 is 9.90 Å². The summed E-state index contributed by atoms with van der Waals surface area (Å²) in [5, 5.41) is 9.22. The zero-order valence-electron chi connectivity index (χ0n) is 7.93. The van der Waals surface area contributed by atoms with Crippen LogP contribution >= 0.6 is 11.6 Å². The average Bonchev–Trinajstić information content (AvgIpc) is 2.66. The molecule has 2 heterocycles. The molecule has 5 nitrogen and oxygen atoms in total. The van der Waals surface area contributed by atoms with Crippen LogP contribution in [-0.4, -0.2) is 34.1 Å². The lowest BCUT2D eigenvalue weighted by Crippen LogP contribution is -2.23. The Labute approximate surface area is 91.7 Å². The number of anilines is 1. The monoisotopic (exact) mass is 227 g/mol. The van der Waals surface area contributed by atoms with Crippen molar-refractivity contribution in [2.45, 2.75) is 6.42 Å². The molecular weight excluding hydrogens is 218 g/mol. The highest BCUT2D eigenvalue weighted by atomic mass is 35.5. The highest BCUT2D eigenvalue weighted by Gasteiger charge is 2.28. The molecule has 0 amide bonds. The van der Waals surface area contributed by atoms with Gasteiger partial charge in [0, 0.05) is 19.2 Å². The van der Waals surface area contributed by atoms with Crippen LogP contribution in [0.3, 0.4) is 0 Å². The molecule has 0 unspecified atom stereocenters. The molecule has 1 saturated heterocycles. The Morgan fingerprint density at radius 1 is 1.60 bits per heavy atom. The zero-order valence-corrected chi connectivity index (χ0v) is 8.68. The first-order chi connectivity index (χ1) is 7.16. The minimum absolute atomic E-state index is 0.307. The van der Waals surface area contributed by atoms with Gasteiger partial charge in [-0.05, 0) is 6.42 Å². The lowest BCUT2D eigenvalue weighted by molar-refractivity contribution is -0.140. The molecule has 1 aliphatic rings. The Morgan fingerprint density at radius 3 is 3.00 bits per heavy atom. The number of rotatable bonds is 2. The van der Waals surface area contributed by atoms with E-state index in [1.807, 2.05) is 4.90 Å². The highest BCUT2D eigenvalue weighted by Crippen LogP contribution is 2.23. The Kier molecular flexibility index (Phi) is 2.73. The van der Waals surface area contributed by atoms with Gasteiger partial charge in [0.05, 0.1) is 5.92 Å². The molecule has 1 atom stereocenters. The first kappa shape index (κ1) is 10.2. The number of aliphatic carboxylic acids is 1. The number of carboxylic acid groups (broad SMARTS) is 1. The summed E-state index contributed by atoms with van der Waals surface area (Å²) in [5.41, 5.74) is 0. The molecule has 1 N–H and O–H groups in total. The second kappa shape index (κ2) is 4.02. The normalized spacial score (nSPS) is 20.6. The molecule has 0 aliphatic carbocycles. The van der Waals surface area contributed by atoms with Gasteiger partial charge in [0.25, 0.3) is 0 Å². The second-order valence-corrected chi connectivity index (χ2v) is 3.86. The fraction of sp³-hybridized carbons (Fsp3) is 0.444. The van der Waals surface area contributed by atoms with Crippen LogP contribution in [-0.2, 0) is 4.79 Å². The lowest BCUT2D eigenvalue weighted by atomic mass is 10.1. The molecule has 0 saturated carbocycles. The van der Waals surface area contributed by atoms with E-state index in [9.17, 15) is 4.79 Å². The van der Waals surface area contributed by atoms with Crippen molar-refractivity contribution in [1.29, 1.82) is 0 Å². The van der Waals surface area contributed by atoms with Crippen molar-refractivity contribution in [2.24, 2.45) is 5.92 Å². The number of aromatic nitrogens is 2. The molecule has 2 rings (SSSR count). The molecule has 0 aromatic carbocycles. The van der Waals surface area contributed by atoms with Gasteiger partial charge < -0.3 is 10.0 Å². The maximum absolute atomic E-state index is 10.8. The van der Waals surface area contributed by atoms with Crippen LogP contribution in [0.25, 0.3) is 0 Å². The van der Waals surface area contributed by atoms with Crippen LogP contribution in [0.5, 0.6) is 0 Å². The summed E-state index contributed by atoms with van der Waals surface area (Å²) >= 11 is 5.73. The molecule has 80 valence electrons. The van der Waals surface area contributed by atoms with E-state index in [1.54, 1.807) is 6.07 Å². The third kappa shape index (κ3) is 2.18. The number of carbonyl (C=O) groups is 1. The first-order valence-electron chi connectivity index (χ1n) is 4.62. The Balaban J connectivity index is 2.11. The lowest BCUT2D eigenvalue weighted by Gasteiger charge is -2.16. The van der Waals surface area contributed by atoms with Gasteiger partial charge in [0.15, 0.2) is 0 Å². The van der Waals surface area contributed by atoms with E-state index in [2.05, 4.69) is 9.97 Å². The van der Waals surface area contributed by atoms with Crippen molar-refractivity contribution in [1.82, 2.24) is 9.97 Å². The predicted octanol–water partition coefficient (Wildman–Crippen LogP) is 1.04.